The molecule has 0 saturated carbocycles. The van der Waals surface area contributed by atoms with Crippen LogP contribution in [0.2, 0.25) is 5.02 Å². The van der Waals surface area contributed by atoms with Crippen molar-refractivity contribution in [3.8, 4) is 5.75 Å². The predicted molar refractivity (Wildman–Crippen MR) is 161 cm³/mol. The summed E-state index contributed by atoms with van der Waals surface area (Å²) in [5.74, 6) is -0.856. The van der Waals surface area contributed by atoms with Gasteiger partial charge in [0.1, 0.15) is 12.4 Å². The number of carbonyl (C=O) groups excluding carboxylic acids is 2. The number of rotatable bonds is 10. The average Bonchev–Trinajstić information content (AvgIpc) is 3.77. The molecule has 0 aliphatic carbocycles. The topological polar surface area (TPSA) is 106 Å². The van der Waals surface area contributed by atoms with Crippen molar-refractivity contribution in [2.45, 2.75) is 22.7 Å². The number of nitrogens with zero attached hydrogens (tertiary/aromatic N) is 3. The molecule has 3 heterocycles. The number of aromatic nitrogens is 2. The second kappa shape index (κ2) is 12.2. The molecule has 5 aromatic rings. The van der Waals surface area contributed by atoms with Crippen molar-refractivity contribution < 1.29 is 23.8 Å². The van der Waals surface area contributed by atoms with Gasteiger partial charge in [-0.1, -0.05) is 89.3 Å². The van der Waals surface area contributed by atoms with Gasteiger partial charge in [0.25, 0.3) is 5.91 Å². The summed E-state index contributed by atoms with van der Waals surface area (Å²) in [4.78, 5) is 28.4. The first-order valence-electron chi connectivity index (χ1n) is 12.8. The van der Waals surface area contributed by atoms with Crippen LogP contribution in [-0.4, -0.2) is 27.0 Å². The van der Waals surface area contributed by atoms with Gasteiger partial charge in [0, 0.05) is 10.8 Å². The minimum atomic E-state index is -0.988. The van der Waals surface area contributed by atoms with Gasteiger partial charge in [-0.15, -0.1) is 10.2 Å². The Balaban J connectivity index is 1.32. The maximum absolute atomic E-state index is 13.5. The molecule has 210 valence electrons. The molecule has 42 heavy (non-hydrogen) atoms. The monoisotopic (exact) mass is 615 g/mol. The second-order valence-corrected chi connectivity index (χ2v) is 11.9. The minimum absolute atomic E-state index is 0.00385. The van der Waals surface area contributed by atoms with Crippen LogP contribution in [0.4, 0.5) is 5.13 Å². The number of Topliss-reactive ketones (excluding diaryl/α,β-unsaturated/α-hetero) is 1. The highest BCUT2D eigenvalue weighted by Gasteiger charge is 2.46. The van der Waals surface area contributed by atoms with Crippen molar-refractivity contribution in [2.24, 2.45) is 0 Å². The first kappa shape index (κ1) is 27.8. The first-order valence-corrected chi connectivity index (χ1v) is 15.0. The number of amides is 1. The van der Waals surface area contributed by atoms with Crippen molar-refractivity contribution >= 4 is 51.5 Å². The fourth-order valence-corrected chi connectivity index (χ4v) is 6.44. The number of aliphatic hydroxyl groups excluding tert-OH is 1. The third kappa shape index (κ3) is 5.82. The van der Waals surface area contributed by atoms with E-state index in [1.807, 2.05) is 54.6 Å². The Morgan fingerprint density at radius 2 is 1.81 bits per heavy atom. The lowest BCUT2D eigenvalue weighted by molar-refractivity contribution is -0.117. The molecule has 1 N–H and O–H groups in total. The number of benzene rings is 3. The summed E-state index contributed by atoms with van der Waals surface area (Å²) in [6.45, 7) is 0.335. The number of furan rings is 1. The van der Waals surface area contributed by atoms with E-state index in [4.69, 9.17) is 20.8 Å². The molecular formula is C31H22ClN3O5S2. The first-order chi connectivity index (χ1) is 20.5. The molecule has 1 amide bonds. The van der Waals surface area contributed by atoms with Crippen molar-refractivity contribution in [3.63, 3.8) is 0 Å². The van der Waals surface area contributed by atoms with Crippen LogP contribution in [0.5, 0.6) is 5.75 Å². The molecule has 0 radical (unpaired) electrons. The fourth-order valence-electron chi connectivity index (χ4n) is 4.49. The molecule has 1 aliphatic rings. The molecular weight excluding hydrogens is 594 g/mol. The number of hydrogen-bond donors (Lipinski definition) is 1. The number of aliphatic hydroxyl groups is 1. The number of hydrogen-bond acceptors (Lipinski definition) is 9. The molecule has 2 aromatic heterocycles. The van der Waals surface area contributed by atoms with E-state index in [1.54, 1.807) is 30.3 Å². The van der Waals surface area contributed by atoms with E-state index < -0.39 is 23.5 Å². The Morgan fingerprint density at radius 1 is 1.00 bits per heavy atom. The SMILES string of the molecule is O=C(C1=C(O)C(=O)N(c2nnc(SCc3ccc(Cl)cc3)s2)C1c1cccc(OCc2ccccc2)c1)c1ccco1. The lowest BCUT2D eigenvalue weighted by Crippen LogP contribution is -2.31. The van der Waals surface area contributed by atoms with Crippen LogP contribution in [0.1, 0.15) is 33.3 Å². The summed E-state index contributed by atoms with van der Waals surface area (Å²) in [6.07, 6.45) is 1.36. The fraction of sp³-hybridized carbons (Fsp3) is 0.0968. The summed E-state index contributed by atoms with van der Waals surface area (Å²) >= 11 is 8.64. The third-order valence-corrected chi connectivity index (χ3v) is 8.88. The predicted octanol–water partition coefficient (Wildman–Crippen LogP) is 7.44. The maximum Gasteiger partial charge on any atom is 0.296 e. The number of carbonyl (C=O) groups is 2. The lowest BCUT2D eigenvalue weighted by Gasteiger charge is -2.24. The molecule has 1 atom stereocenters. The Kier molecular flexibility index (Phi) is 8.09. The van der Waals surface area contributed by atoms with Crippen molar-refractivity contribution in [3.05, 3.63) is 136 Å². The van der Waals surface area contributed by atoms with Crippen LogP contribution in [0.3, 0.4) is 0 Å². The number of halogens is 1. The van der Waals surface area contributed by atoms with E-state index >= 15 is 0 Å². The van der Waals surface area contributed by atoms with Crippen LogP contribution in [0.25, 0.3) is 0 Å². The van der Waals surface area contributed by atoms with Gasteiger partial charge in [0.2, 0.25) is 10.9 Å². The molecule has 0 fully saturated rings. The molecule has 8 nitrogen and oxygen atoms in total. The number of anilines is 1. The van der Waals surface area contributed by atoms with Gasteiger partial charge in [0.15, 0.2) is 15.9 Å². The quantitative estimate of drug-likeness (QED) is 0.0981. The van der Waals surface area contributed by atoms with E-state index in [1.165, 1.54) is 40.3 Å². The summed E-state index contributed by atoms with van der Waals surface area (Å²) < 4.78 is 12.0. The highest BCUT2D eigenvalue weighted by molar-refractivity contribution is 8.00. The summed E-state index contributed by atoms with van der Waals surface area (Å²) in [6, 6.07) is 26.4. The highest BCUT2D eigenvalue weighted by atomic mass is 35.5. The lowest BCUT2D eigenvalue weighted by atomic mass is 9.95. The average molecular weight is 616 g/mol. The van der Waals surface area contributed by atoms with Gasteiger partial charge < -0.3 is 14.3 Å². The molecule has 1 unspecified atom stereocenters. The van der Waals surface area contributed by atoms with Crippen molar-refractivity contribution in [2.75, 3.05) is 4.90 Å². The van der Waals surface area contributed by atoms with Gasteiger partial charge >= 0.3 is 0 Å². The standard InChI is InChI=1S/C31H22ClN3O5S2/c32-22-13-11-20(12-14-22)18-41-31-34-33-30(42-31)35-26(25(28(37)29(35)38)27(36)24-10-5-15-39-24)21-8-4-9-23(16-21)40-17-19-6-2-1-3-7-19/h1-16,26,37H,17-18H2. The zero-order chi connectivity index (χ0) is 29.1. The van der Waals surface area contributed by atoms with Crippen molar-refractivity contribution in [1.29, 1.82) is 0 Å². The smallest absolute Gasteiger partial charge is 0.296 e. The Morgan fingerprint density at radius 3 is 2.57 bits per heavy atom. The zero-order valence-corrected chi connectivity index (χ0v) is 24.2. The van der Waals surface area contributed by atoms with E-state index in [9.17, 15) is 14.7 Å². The van der Waals surface area contributed by atoms with E-state index in [2.05, 4.69) is 10.2 Å². The molecule has 6 rings (SSSR count). The molecule has 3 aromatic carbocycles. The Hall–Kier alpha value is -4.38. The van der Waals surface area contributed by atoms with Gasteiger partial charge in [-0.2, -0.15) is 0 Å². The summed E-state index contributed by atoms with van der Waals surface area (Å²) in [5, 5.41) is 20.5. The van der Waals surface area contributed by atoms with Crippen LogP contribution < -0.4 is 9.64 Å². The molecule has 0 spiro atoms. The van der Waals surface area contributed by atoms with Gasteiger partial charge in [-0.25, -0.2) is 0 Å². The molecule has 0 saturated heterocycles. The van der Waals surface area contributed by atoms with Gasteiger partial charge in [-0.05, 0) is 53.1 Å². The second-order valence-electron chi connectivity index (χ2n) is 9.26. The van der Waals surface area contributed by atoms with E-state index in [-0.39, 0.29) is 16.5 Å². The summed E-state index contributed by atoms with van der Waals surface area (Å²) in [5.41, 5.74) is 2.48. The molecule has 0 bridgehead atoms. The van der Waals surface area contributed by atoms with Crippen LogP contribution in [0.15, 0.2) is 117 Å². The van der Waals surface area contributed by atoms with Gasteiger partial charge in [0.05, 0.1) is 17.9 Å². The molecule has 1 aliphatic heterocycles. The van der Waals surface area contributed by atoms with Crippen molar-refractivity contribution in [1.82, 2.24) is 10.2 Å². The van der Waals surface area contributed by atoms with E-state index in [0.717, 1.165) is 11.1 Å². The maximum atomic E-state index is 13.5. The number of ketones is 1. The van der Waals surface area contributed by atoms with Gasteiger partial charge in [-0.3, -0.25) is 14.5 Å². The van der Waals surface area contributed by atoms with Crippen LogP contribution >= 0.6 is 34.7 Å². The van der Waals surface area contributed by atoms with Crippen LogP contribution in [-0.2, 0) is 17.2 Å². The summed E-state index contributed by atoms with van der Waals surface area (Å²) in [7, 11) is 0. The largest absolute Gasteiger partial charge is 0.503 e. The third-order valence-electron chi connectivity index (χ3n) is 6.50. The molecule has 11 heteroatoms. The van der Waals surface area contributed by atoms with E-state index in [0.29, 0.717) is 33.0 Å². The normalized spacial score (nSPS) is 14.9. The number of ether oxygens (including phenoxy) is 1. The van der Waals surface area contributed by atoms with Crippen LogP contribution in [0, 0.1) is 0 Å². The highest BCUT2D eigenvalue weighted by Crippen LogP contribution is 2.44. The zero-order valence-electron chi connectivity index (χ0n) is 21.8. The Labute approximate surface area is 254 Å². The minimum Gasteiger partial charge on any atom is -0.503 e. The Bertz CT molecular complexity index is 1750. The number of thioether (sulfide) groups is 1.